The fraction of sp³-hybridized carbons (Fsp3) is 0.214. The zero-order chi connectivity index (χ0) is 13.3. The molecule has 0 fully saturated rings. The van der Waals surface area contributed by atoms with Crippen LogP contribution in [0.25, 0.3) is 5.69 Å². The minimum atomic E-state index is -0.353. The van der Waals surface area contributed by atoms with E-state index >= 15 is 0 Å². The highest BCUT2D eigenvalue weighted by Gasteiger charge is 2.06. The van der Waals surface area contributed by atoms with Crippen molar-refractivity contribution in [3.05, 3.63) is 52.4 Å². The standard InChI is InChI=1S/C14H16N2O2/c1-10-14(18)13(17)8-9-16(10)12-6-4-11(5-7-12)15(2)3/h4-9,18H,1-3H3. The lowest BCUT2D eigenvalue weighted by molar-refractivity contribution is 0.459. The Hall–Kier alpha value is -2.23. The first kappa shape index (κ1) is 12.2. The lowest BCUT2D eigenvalue weighted by Gasteiger charge is -2.15. The molecule has 0 aliphatic heterocycles. The molecule has 1 heterocycles. The molecule has 0 spiro atoms. The lowest BCUT2D eigenvalue weighted by Crippen LogP contribution is -2.10. The Morgan fingerprint density at radius 1 is 1.11 bits per heavy atom. The van der Waals surface area contributed by atoms with Crippen molar-refractivity contribution in [1.82, 2.24) is 4.57 Å². The first-order valence-electron chi connectivity index (χ1n) is 5.69. The van der Waals surface area contributed by atoms with E-state index in [-0.39, 0.29) is 11.2 Å². The van der Waals surface area contributed by atoms with Gasteiger partial charge in [0.15, 0.2) is 5.75 Å². The molecule has 0 saturated carbocycles. The van der Waals surface area contributed by atoms with Crippen LogP contribution in [0.3, 0.4) is 0 Å². The maximum absolute atomic E-state index is 11.3. The molecule has 0 saturated heterocycles. The molecule has 2 aromatic rings. The number of hydrogen-bond donors (Lipinski definition) is 1. The highest BCUT2D eigenvalue weighted by Crippen LogP contribution is 2.19. The van der Waals surface area contributed by atoms with Crippen LogP contribution in [0.4, 0.5) is 5.69 Å². The van der Waals surface area contributed by atoms with Crippen molar-refractivity contribution in [2.75, 3.05) is 19.0 Å². The molecule has 0 aliphatic carbocycles. The molecule has 4 nitrogen and oxygen atoms in total. The van der Waals surface area contributed by atoms with E-state index < -0.39 is 0 Å². The molecule has 1 aromatic carbocycles. The fourth-order valence-electron chi connectivity index (χ4n) is 1.82. The van der Waals surface area contributed by atoms with Crippen molar-refractivity contribution in [2.24, 2.45) is 0 Å². The third kappa shape index (κ3) is 2.09. The lowest BCUT2D eigenvalue weighted by atomic mass is 10.2. The Morgan fingerprint density at radius 2 is 1.72 bits per heavy atom. The summed E-state index contributed by atoms with van der Waals surface area (Å²) >= 11 is 0. The summed E-state index contributed by atoms with van der Waals surface area (Å²) in [5, 5.41) is 9.65. The number of aromatic nitrogens is 1. The van der Waals surface area contributed by atoms with E-state index in [1.807, 2.05) is 43.3 Å². The second-order valence-electron chi connectivity index (χ2n) is 4.39. The van der Waals surface area contributed by atoms with Gasteiger partial charge < -0.3 is 14.6 Å². The van der Waals surface area contributed by atoms with E-state index in [9.17, 15) is 9.90 Å². The molecular weight excluding hydrogens is 228 g/mol. The average molecular weight is 244 g/mol. The highest BCUT2D eigenvalue weighted by molar-refractivity contribution is 5.50. The fourth-order valence-corrected chi connectivity index (χ4v) is 1.82. The van der Waals surface area contributed by atoms with E-state index in [0.717, 1.165) is 11.4 Å². The molecule has 4 heteroatoms. The van der Waals surface area contributed by atoms with Crippen LogP contribution in [-0.4, -0.2) is 23.8 Å². The van der Waals surface area contributed by atoms with Gasteiger partial charge in [0.1, 0.15) is 0 Å². The van der Waals surface area contributed by atoms with Crippen LogP contribution >= 0.6 is 0 Å². The van der Waals surface area contributed by atoms with Crippen molar-refractivity contribution >= 4 is 5.69 Å². The molecule has 0 aliphatic rings. The van der Waals surface area contributed by atoms with E-state index in [1.54, 1.807) is 17.7 Å². The maximum Gasteiger partial charge on any atom is 0.223 e. The molecule has 18 heavy (non-hydrogen) atoms. The third-order valence-electron chi connectivity index (χ3n) is 2.96. The molecule has 0 amide bonds. The Bertz CT molecular complexity index is 613. The Labute approximate surface area is 106 Å². The van der Waals surface area contributed by atoms with E-state index in [1.165, 1.54) is 6.07 Å². The predicted octanol–water partition coefficient (Wildman–Crippen LogP) is 1.92. The minimum Gasteiger partial charge on any atom is -0.503 e. The van der Waals surface area contributed by atoms with Gasteiger partial charge in [-0.25, -0.2) is 0 Å². The second-order valence-corrected chi connectivity index (χ2v) is 4.39. The van der Waals surface area contributed by atoms with Crippen LogP contribution in [-0.2, 0) is 0 Å². The van der Waals surface area contributed by atoms with Crippen LogP contribution in [0.2, 0.25) is 0 Å². The Kier molecular flexibility index (Phi) is 3.10. The number of aromatic hydroxyl groups is 1. The zero-order valence-electron chi connectivity index (χ0n) is 10.7. The van der Waals surface area contributed by atoms with Crippen LogP contribution < -0.4 is 10.3 Å². The third-order valence-corrected chi connectivity index (χ3v) is 2.96. The van der Waals surface area contributed by atoms with Gasteiger partial charge >= 0.3 is 0 Å². The Morgan fingerprint density at radius 3 is 2.28 bits per heavy atom. The molecule has 0 radical (unpaired) electrons. The number of hydrogen-bond acceptors (Lipinski definition) is 3. The summed E-state index contributed by atoms with van der Waals surface area (Å²) in [4.78, 5) is 13.3. The van der Waals surface area contributed by atoms with Crippen molar-refractivity contribution in [3.8, 4) is 11.4 Å². The first-order chi connectivity index (χ1) is 8.50. The second kappa shape index (κ2) is 4.56. The van der Waals surface area contributed by atoms with E-state index in [0.29, 0.717) is 5.69 Å². The van der Waals surface area contributed by atoms with Crippen molar-refractivity contribution < 1.29 is 5.11 Å². The molecule has 1 N–H and O–H groups in total. The van der Waals surface area contributed by atoms with Crippen LogP contribution in [0.1, 0.15) is 5.69 Å². The van der Waals surface area contributed by atoms with Gasteiger partial charge in [-0.2, -0.15) is 0 Å². The predicted molar refractivity (Wildman–Crippen MR) is 72.8 cm³/mol. The summed E-state index contributed by atoms with van der Waals surface area (Å²) in [6.45, 7) is 1.72. The molecular formula is C14H16N2O2. The van der Waals surface area contributed by atoms with E-state index in [2.05, 4.69) is 0 Å². The molecule has 0 bridgehead atoms. The topological polar surface area (TPSA) is 45.5 Å². The molecule has 0 atom stereocenters. The first-order valence-corrected chi connectivity index (χ1v) is 5.69. The van der Waals surface area contributed by atoms with Gasteiger partial charge in [-0.15, -0.1) is 0 Å². The largest absolute Gasteiger partial charge is 0.503 e. The normalized spacial score (nSPS) is 10.4. The zero-order valence-corrected chi connectivity index (χ0v) is 10.7. The van der Waals surface area contributed by atoms with Gasteiger partial charge in [0.05, 0.1) is 5.69 Å². The number of pyridine rings is 1. The Balaban J connectivity index is 2.49. The van der Waals surface area contributed by atoms with Gasteiger partial charge in [-0.1, -0.05) is 0 Å². The van der Waals surface area contributed by atoms with Gasteiger partial charge in [-0.05, 0) is 31.2 Å². The molecule has 1 aromatic heterocycles. The summed E-state index contributed by atoms with van der Waals surface area (Å²) < 4.78 is 1.79. The van der Waals surface area contributed by atoms with Crippen LogP contribution in [0.5, 0.6) is 5.75 Å². The number of nitrogens with zero attached hydrogens (tertiary/aromatic N) is 2. The number of anilines is 1. The number of rotatable bonds is 2. The van der Waals surface area contributed by atoms with Gasteiger partial charge in [0.2, 0.25) is 5.43 Å². The maximum atomic E-state index is 11.3. The van der Waals surface area contributed by atoms with Gasteiger partial charge in [0.25, 0.3) is 0 Å². The van der Waals surface area contributed by atoms with Crippen LogP contribution in [0.15, 0.2) is 41.3 Å². The van der Waals surface area contributed by atoms with Crippen molar-refractivity contribution in [1.29, 1.82) is 0 Å². The monoisotopic (exact) mass is 244 g/mol. The summed E-state index contributed by atoms with van der Waals surface area (Å²) in [7, 11) is 3.96. The SMILES string of the molecule is Cc1c(O)c(=O)ccn1-c1ccc(N(C)C)cc1. The van der Waals surface area contributed by atoms with E-state index in [4.69, 9.17) is 0 Å². The molecule has 2 rings (SSSR count). The molecule has 94 valence electrons. The highest BCUT2D eigenvalue weighted by atomic mass is 16.3. The van der Waals surface area contributed by atoms with Crippen molar-refractivity contribution in [3.63, 3.8) is 0 Å². The van der Waals surface area contributed by atoms with Crippen molar-refractivity contribution in [2.45, 2.75) is 6.92 Å². The number of benzene rings is 1. The average Bonchev–Trinajstić information content (AvgIpc) is 2.36. The van der Waals surface area contributed by atoms with Gasteiger partial charge in [0, 0.05) is 37.7 Å². The summed E-state index contributed by atoms with van der Waals surface area (Å²) in [6, 6.07) is 9.24. The summed E-state index contributed by atoms with van der Waals surface area (Å²) in [5.41, 5.74) is 2.20. The van der Waals surface area contributed by atoms with Gasteiger partial charge in [-0.3, -0.25) is 4.79 Å². The quantitative estimate of drug-likeness (QED) is 0.877. The summed E-state index contributed by atoms with van der Waals surface area (Å²) in [6.07, 6.45) is 1.67. The molecule has 0 unspecified atom stereocenters. The minimum absolute atomic E-state index is 0.200. The van der Waals surface area contributed by atoms with Crippen LogP contribution in [0, 0.1) is 6.92 Å². The summed E-state index contributed by atoms with van der Waals surface area (Å²) in [5.74, 6) is -0.200. The smallest absolute Gasteiger partial charge is 0.223 e.